The molecule has 0 saturated carbocycles. The van der Waals surface area contributed by atoms with Crippen molar-refractivity contribution in [3.8, 4) is 6.07 Å². The van der Waals surface area contributed by atoms with Gasteiger partial charge in [0.15, 0.2) is 0 Å². The van der Waals surface area contributed by atoms with Gasteiger partial charge < -0.3 is 0 Å². The zero-order chi connectivity index (χ0) is 9.19. The van der Waals surface area contributed by atoms with Gasteiger partial charge in [0.05, 0.1) is 11.1 Å². The van der Waals surface area contributed by atoms with Crippen molar-refractivity contribution in [1.82, 2.24) is 4.98 Å². The quantitative estimate of drug-likeness (QED) is 0.596. The third-order valence-corrected chi connectivity index (χ3v) is 1.14. The van der Waals surface area contributed by atoms with Crippen molar-refractivity contribution in [1.29, 1.82) is 5.26 Å². The fraction of sp³-hybridized carbons (Fsp3) is 0.143. The Balaban J connectivity index is 3.13. The highest BCUT2D eigenvalue weighted by atomic mass is 19.4. The first kappa shape index (κ1) is 8.53. The molecule has 0 aromatic carbocycles. The molecule has 61 valence electrons. The van der Waals surface area contributed by atoms with E-state index in [0.717, 1.165) is 0 Å². The lowest BCUT2D eigenvalue weighted by Crippen LogP contribution is -2.05. The van der Waals surface area contributed by atoms with E-state index in [4.69, 9.17) is 5.26 Å². The molecule has 2 nitrogen and oxygen atoms in total. The van der Waals surface area contributed by atoms with Crippen LogP contribution in [0.15, 0.2) is 12.3 Å². The number of rotatable bonds is 0. The summed E-state index contributed by atoms with van der Waals surface area (Å²) in [6, 6.07) is 2.22. The fourth-order valence-corrected chi connectivity index (χ4v) is 0.609. The van der Waals surface area contributed by atoms with Gasteiger partial charge in [-0.05, 0) is 6.07 Å². The van der Waals surface area contributed by atoms with Crippen LogP contribution in [0.1, 0.15) is 11.1 Å². The maximum Gasteiger partial charge on any atom is 0.417 e. The molecule has 0 saturated heterocycles. The first-order valence-corrected chi connectivity index (χ1v) is 2.89. The second-order valence-corrected chi connectivity index (χ2v) is 1.99. The molecule has 0 unspecified atom stereocenters. The molecule has 1 aromatic heterocycles. The highest BCUT2D eigenvalue weighted by Crippen LogP contribution is 2.28. The summed E-state index contributed by atoms with van der Waals surface area (Å²) in [5.41, 5.74) is -1.15. The van der Waals surface area contributed by atoms with E-state index in [1.165, 1.54) is 6.07 Å². The van der Waals surface area contributed by atoms with Crippen LogP contribution in [0.25, 0.3) is 0 Å². The summed E-state index contributed by atoms with van der Waals surface area (Å²) in [7, 11) is 0. The molecular weight excluding hydrogens is 169 g/mol. The molecule has 0 N–H and O–H groups in total. The molecule has 0 fully saturated rings. The second kappa shape index (κ2) is 2.81. The maximum absolute atomic E-state index is 11.9. The van der Waals surface area contributed by atoms with Crippen LogP contribution in [0.3, 0.4) is 0 Å². The van der Waals surface area contributed by atoms with Crippen LogP contribution in [-0.2, 0) is 6.18 Å². The van der Waals surface area contributed by atoms with Gasteiger partial charge in [-0.15, -0.1) is 0 Å². The van der Waals surface area contributed by atoms with Crippen LogP contribution >= 0.6 is 0 Å². The van der Waals surface area contributed by atoms with Gasteiger partial charge in [0, 0.05) is 6.20 Å². The zero-order valence-corrected chi connectivity index (χ0v) is 5.68. The molecule has 0 aliphatic rings. The topological polar surface area (TPSA) is 36.7 Å². The Labute approximate surface area is 66.3 Å². The van der Waals surface area contributed by atoms with E-state index < -0.39 is 11.7 Å². The van der Waals surface area contributed by atoms with Gasteiger partial charge in [-0.1, -0.05) is 0 Å². The monoisotopic (exact) mass is 171 g/mol. The predicted molar refractivity (Wildman–Crippen MR) is 32.8 cm³/mol. The molecule has 12 heavy (non-hydrogen) atoms. The highest BCUT2D eigenvalue weighted by Gasteiger charge is 2.30. The molecule has 0 spiro atoms. The van der Waals surface area contributed by atoms with E-state index in [2.05, 4.69) is 11.2 Å². The van der Waals surface area contributed by atoms with Crippen LogP contribution in [0.4, 0.5) is 13.2 Å². The second-order valence-electron chi connectivity index (χ2n) is 1.99. The third-order valence-electron chi connectivity index (χ3n) is 1.14. The number of nitrogens with zero attached hydrogens (tertiary/aromatic N) is 2. The third kappa shape index (κ3) is 1.72. The number of hydrogen-bond acceptors (Lipinski definition) is 2. The molecule has 1 heterocycles. The lowest BCUT2D eigenvalue weighted by molar-refractivity contribution is -0.137. The summed E-state index contributed by atoms with van der Waals surface area (Å²) in [5.74, 6) is 0. The van der Waals surface area contributed by atoms with E-state index in [1.807, 2.05) is 0 Å². The van der Waals surface area contributed by atoms with Crippen molar-refractivity contribution in [2.75, 3.05) is 0 Å². The number of halogens is 3. The molecule has 0 aliphatic carbocycles. The molecule has 1 rings (SSSR count). The van der Waals surface area contributed by atoms with Crippen LogP contribution in [-0.4, -0.2) is 4.98 Å². The Kier molecular flexibility index (Phi) is 2.00. The van der Waals surface area contributed by atoms with E-state index in [0.29, 0.717) is 12.3 Å². The summed E-state index contributed by atoms with van der Waals surface area (Å²) in [4.78, 5) is 3.15. The molecular formula is C7H2F3N2. The zero-order valence-electron chi connectivity index (χ0n) is 5.68. The van der Waals surface area contributed by atoms with Gasteiger partial charge in [0.25, 0.3) is 0 Å². The Morgan fingerprint density at radius 1 is 1.50 bits per heavy atom. The van der Waals surface area contributed by atoms with Crippen molar-refractivity contribution in [2.45, 2.75) is 6.18 Å². The van der Waals surface area contributed by atoms with Crippen molar-refractivity contribution in [2.24, 2.45) is 0 Å². The Hall–Kier alpha value is -1.57. The van der Waals surface area contributed by atoms with Crippen molar-refractivity contribution in [3.05, 3.63) is 29.6 Å². The lowest BCUT2D eigenvalue weighted by Gasteiger charge is -2.04. The molecule has 1 aromatic rings. The van der Waals surface area contributed by atoms with Crippen LogP contribution in [0.2, 0.25) is 0 Å². The Morgan fingerprint density at radius 2 is 2.17 bits per heavy atom. The van der Waals surface area contributed by atoms with E-state index in [9.17, 15) is 13.2 Å². The average molecular weight is 171 g/mol. The summed E-state index contributed by atoms with van der Waals surface area (Å²) in [5, 5.41) is 8.24. The van der Waals surface area contributed by atoms with Crippen LogP contribution in [0, 0.1) is 17.5 Å². The highest BCUT2D eigenvalue weighted by molar-refractivity contribution is 5.29. The summed E-state index contributed by atoms with van der Waals surface area (Å²) < 4.78 is 35.8. The van der Waals surface area contributed by atoms with Gasteiger partial charge in [0.1, 0.15) is 12.3 Å². The average Bonchev–Trinajstić information content (AvgIpc) is 2.03. The van der Waals surface area contributed by atoms with Crippen molar-refractivity contribution < 1.29 is 13.2 Å². The first-order valence-electron chi connectivity index (χ1n) is 2.89. The number of alkyl halides is 3. The standard InChI is InChI=1S/C7H2F3N2/c8-7(9,10)6-1-5(2-11)3-12-4-6/h1,4H. The minimum absolute atomic E-state index is 0.218. The SMILES string of the molecule is N#Cc1[c]ncc(C(F)(F)F)c1. The molecule has 0 amide bonds. The van der Waals surface area contributed by atoms with E-state index in [1.54, 1.807) is 0 Å². The van der Waals surface area contributed by atoms with Crippen molar-refractivity contribution in [3.63, 3.8) is 0 Å². The Bertz CT molecular complexity index is 324. The largest absolute Gasteiger partial charge is 0.417 e. The van der Waals surface area contributed by atoms with Gasteiger partial charge in [0.2, 0.25) is 0 Å². The molecule has 0 aliphatic heterocycles. The van der Waals surface area contributed by atoms with Gasteiger partial charge in [-0.2, -0.15) is 18.4 Å². The van der Waals surface area contributed by atoms with Gasteiger partial charge >= 0.3 is 6.18 Å². The molecule has 0 atom stereocenters. The number of nitriles is 1. The van der Waals surface area contributed by atoms with E-state index >= 15 is 0 Å². The summed E-state index contributed by atoms with van der Waals surface area (Å²) >= 11 is 0. The summed E-state index contributed by atoms with van der Waals surface area (Å²) in [6.07, 6.45) is -1.71. The lowest BCUT2D eigenvalue weighted by atomic mass is 10.2. The molecule has 0 bridgehead atoms. The number of pyridine rings is 1. The normalized spacial score (nSPS) is 10.8. The Morgan fingerprint density at radius 3 is 2.67 bits per heavy atom. The fourth-order valence-electron chi connectivity index (χ4n) is 0.609. The smallest absolute Gasteiger partial charge is 0.253 e. The summed E-state index contributed by atoms with van der Waals surface area (Å²) in [6.45, 7) is 0. The minimum atomic E-state index is -4.45. The van der Waals surface area contributed by atoms with Gasteiger partial charge in [-0.3, -0.25) is 4.98 Å². The predicted octanol–water partition coefficient (Wildman–Crippen LogP) is 1.77. The molecule has 1 radical (unpaired) electrons. The number of hydrogen-bond donors (Lipinski definition) is 0. The number of aromatic nitrogens is 1. The van der Waals surface area contributed by atoms with E-state index in [-0.39, 0.29) is 5.56 Å². The minimum Gasteiger partial charge on any atom is -0.253 e. The van der Waals surface area contributed by atoms with Crippen LogP contribution in [0.5, 0.6) is 0 Å². The maximum atomic E-state index is 11.9. The molecule has 5 heteroatoms. The van der Waals surface area contributed by atoms with Crippen molar-refractivity contribution >= 4 is 0 Å². The first-order chi connectivity index (χ1) is 5.54. The van der Waals surface area contributed by atoms with Crippen LogP contribution < -0.4 is 0 Å². The van der Waals surface area contributed by atoms with Gasteiger partial charge in [-0.25, -0.2) is 0 Å².